The van der Waals surface area contributed by atoms with Crippen LogP contribution in [0.25, 0.3) is 11.3 Å². The molecule has 0 bridgehead atoms. The van der Waals surface area contributed by atoms with Crippen molar-refractivity contribution in [2.24, 2.45) is 5.73 Å². The lowest BCUT2D eigenvalue weighted by Gasteiger charge is -2.10. The van der Waals surface area contributed by atoms with Crippen LogP contribution in [0.15, 0.2) is 30.5 Å². The van der Waals surface area contributed by atoms with Crippen LogP contribution < -0.4 is 5.73 Å². The van der Waals surface area contributed by atoms with Crippen LogP contribution in [0, 0.1) is 0 Å². The summed E-state index contributed by atoms with van der Waals surface area (Å²) in [6.07, 6.45) is 2.71. The molecule has 0 amide bonds. The largest absolute Gasteiger partial charge is 0.324 e. The van der Waals surface area contributed by atoms with Gasteiger partial charge in [0.25, 0.3) is 0 Å². The van der Waals surface area contributed by atoms with Gasteiger partial charge in [-0.15, -0.1) is 5.10 Å². The van der Waals surface area contributed by atoms with Crippen molar-refractivity contribution in [3.8, 4) is 11.3 Å². The smallest absolute Gasteiger partial charge is 0.0888 e. The van der Waals surface area contributed by atoms with Crippen molar-refractivity contribution in [1.82, 2.24) is 15.0 Å². The second-order valence-corrected chi connectivity index (χ2v) is 3.82. The molecule has 1 unspecified atom stereocenters. The minimum Gasteiger partial charge on any atom is -0.324 e. The maximum absolute atomic E-state index is 6.12. The number of rotatable bonds is 0. The highest BCUT2D eigenvalue weighted by molar-refractivity contribution is 5.64. The molecule has 4 nitrogen and oxygen atoms in total. The highest BCUT2D eigenvalue weighted by Crippen LogP contribution is 2.31. The molecule has 3 rings (SSSR count). The van der Waals surface area contributed by atoms with E-state index < -0.39 is 0 Å². The molecule has 1 aliphatic rings. The summed E-state index contributed by atoms with van der Waals surface area (Å²) in [6, 6.07) is 8.31. The number of benzene rings is 1. The van der Waals surface area contributed by atoms with Crippen LogP contribution >= 0.6 is 0 Å². The van der Waals surface area contributed by atoms with E-state index in [1.54, 1.807) is 6.20 Å². The average molecular weight is 200 g/mol. The highest BCUT2D eigenvalue weighted by atomic mass is 15.4. The lowest BCUT2D eigenvalue weighted by atomic mass is 9.99. The summed E-state index contributed by atoms with van der Waals surface area (Å²) >= 11 is 0. The van der Waals surface area contributed by atoms with Gasteiger partial charge in [-0.05, 0) is 12.0 Å². The summed E-state index contributed by atoms with van der Waals surface area (Å²) in [5.41, 5.74) is 9.54. The molecule has 0 fully saturated rings. The van der Waals surface area contributed by atoms with E-state index >= 15 is 0 Å². The van der Waals surface area contributed by atoms with Crippen molar-refractivity contribution in [1.29, 1.82) is 0 Å². The van der Waals surface area contributed by atoms with Gasteiger partial charge in [-0.2, -0.15) is 0 Å². The molecule has 76 valence electrons. The van der Waals surface area contributed by atoms with Crippen molar-refractivity contribution in [2.75, 3.05) is 0 Å². The Labute approximate surface area is 87.7 Å². The van der Waals surface area contributed by atoms with E-state index in [2.05, 4.69) is 22.4 Å². The molecule has 1 atom stereocenters. The molecule has 2 heterocycles. The van der Waals surface area contributed by atoms with Gasteiger partial charge in [0.15, 0.2) is 0 Å². The first-order valence-electron chi connectivity index (χ1n) is 5.09. The molecule has 1 aliphatic heterocycles. The summed E-state index contributed by atoms with van der Waals surface area (Å²) in [5.74, 6) is 0. The third kappa shape index (κ3) is 1.26. The minimum absolute atomic E-state index is 0.0999. The number of nitrogens with two attached hydrogens (primary N) is 1. The van der Waals surface area contributed by atoms with Crippen LogP contribution in [0.3, 0.4) is 0 Å². The van der Waals surface area contributed by atoms with Gasteiger partial charge in [0.2, 0.25) is 0 Å². The normalized spacial score (nSPS) is 19.1. The average Bonchev–Trinajstić information content (AvgIpc) is 2.69. The Morgan fingerprint density at radius 3 is 3.13 bits per heavy atom. The molecular formula is C11H12N4. The van der Waals surface area contributed by atoms with E-state index in [1.165, 1.54) is 5.56 Å². The molecule has 1 aromatic carbocycles. The predicted octanol–water partition coefficient (Wildman–Crippen LogP) is 1.35. The number of fused-ring (bicyclic) bond motifs is 3. The van der Waals surface area contributed by atoms with E-state index in [1.807, 2.05) is 16.8 Å². The summed E-state index contributed by atoms with van der Waals surface area (Å²) < 4.78 is 1.92. The number of aromatic nitrogens is 3. The van der Waals surface area contributed by atoms with Crippen molar-refractivity contribution in [3.63, 3.8) is 0 Å². The van der Waals surface area contributed by atoms with Gasteiger partial charge >= 0.3 is 0 Å². The second-order valence-electron chi connectivity index (χ2n) is 3.82. The summed E-state index contributed by atoms with van der Waals surface area (Å²) in [4.78, 5) is 0. The Kier molecular flexibility index (Phi) is 1.82. The van der Waals surface area contributed by atoms with E-state index in [4.69, 9.17) is 5.73 Å². The molecule has 0 saturated heterocycles. The Morgan fingerprint density at radius 2 is 2.20 bits per heavy atom. The monoisotopic (exact) mass is 200 g/mol. The zero-order valence-electron chi connectivity index (χ0n) is 8.30. The number of nitrogens with zero attached hydrogens (tertiary/aromatic N) is 3. The zero-order valence-corrected chi connectivity index (χ0v) is 8.30. The maximum atomic E-state index is 6.12. The Morgan fingerprint density at radius 1 is 1.33 bits per heavy atom. The zero-order chi connectivity index (χ0) is 10.3. The predicted molar refractivity (Wildman–Crippen MR) is 57.0 cm³/mol. The van der Waals surface area contributed by atoms with Gasteiger partial charge in [-0.25, -0.2) is 4.68 Å². The topological polar surface area (TPSA) is 56.7 Å². The Balaban J connectivity index is 2.27. The fraction of sp³-hybridized carbons (Fsp3) is 0.273. The van der Waals surface area contributed by atoms with E-state index in [0.717, 1.165) is 24.2 Å². The van der Waals surface area contributed by atoms with Gasteiger partial charge in [-0.3, -0.25) is 0 Å². The summed E-state index contributed by atoms with van der Waals surface area (Å²) in [7, 11) is 0. The fourth-order valence-electron chi connectivity index (χ4n) is 2.10. The van der Waals surface area contributed by atoms with Crippen molar-refractivity contribution in [3.05, 3.63) is 36.0 Å². The molecule has 2 aromatic rings. The Bertz CT molecular complexity index is 489. The first kappa shape index (κ1) is 8.61. The summed E-state index contributed by atoms with van der Waals surface area (Å²) in [5, 5.41) is 8.00. The van der Waals surface area contributed by atoms with Crippen molar-refractivity contribution < 1.29 is 0 Å². The Hall–Kier alpha value is -1.68. The lowest BCUT2D eigenvalue weighted by molar-refractivity contribution is 0.524. The molecule has 0 aliphatic carbocycles. The summed E-state index contributed by atoms with van der Waals surface area (Å²) in [6.45, 7) is 0.838. The molecule has 1 aromatic heterocycles. The van der Waals surface area contributed by atoms with Gasteiger partial charge in [0.1, 0.15) is 0 Å². The van der Waals surface area contributed by atoms with Crippen molar-refractivity contribution >= 4 is 0 Å². The molecule has 0 radical (unpaired) electrons. The van der Waals surface area contributed by atoms with Crippen LogP contribution in [-0.4, -0.2) is 15.0 Å². The molecule has 4 heteroatoms. The first-order chi connectivity index (χ1) is 7.36. The van der Waals surface area contributed by atoms with Crippen LogP contribution in [0.5, 0.6) is 0 Å². The van der Waals surface area contributed by atoms with Crippen LogP contribution in [0.1, 0.15) is 18.0 Å². The molecular weight excluding hydrogens is 188 g/mol. The van der Waals surface area contributed by atoms with Crippen molar-refractivity contribution in [2.45, 2.75) is 19.0 Å². The second kappa shape index (κ2) is 3.17. The van der Waals surface area contributed by atoms with E-state index in [0.29, 0.717) is 0 Å². The third-order valence-corrected chi connectivity index (χ3v) is 2.91. The van der Waals surface area contributed by atoms with E-state index in [9.17, 15) is 0 Å². The number of hydrogen-bond donors (Lipinski definition) is 1. The van der Waals surface area contributed by atoms with Gasteiger partial charge < -0.3 is 5.73 Å². The minimum atomic E-state index is 0.0999. The van der Waals surface area contributed by atoms with Gasteiger partial charge in [-0.1, -0.05) is 29.5 Å². The highest BCUT2D eigenvalue weighted by Gasteiger charge is 2.19. The quantitative estimate of drug-likeness (QED) is 0.698. The lowest BCUT2D eigenvalue weighted by Crippen LogP contribution is -2.11. The molecule has 0 spiro atoms. The maximum Gasteiger partial charge on any atom is 0.0888 e. The van der Waals surface area contributed by atoms with E-state index in [-0.39, 0.29) is 6.04 Å². The van der Waals surface area contributed by atoms with Crippen LogP contribution in [0.4, 0.5) is 0 Å². The third-order valence-electron chi connectivity index (χ3n) is 2.91. The standard InChI is InChI=1S/C11H12N4/c12-10-5-6-15-11(7-13-14-15)9-4-2-1-3-8(9)10/h1-4,7,10H,5-6,12H2. The van der Waals surface area contributed by atoms with Crippen LogP contribution in [-0.2, 0) is 6.54 Å². The van der Waals surface area contributed by atoms with Crippen LogP contribution in [0.2, 0.25) is 0 Å². The molecule has 2 N–H and O–H groups in total. The number of hydrogen-bond acceptors (Lipinski definition) is 3. The van der Waals surface area contributed by atoms with Gasteiger partial charge in [0, 0.05) is 18.2 Å². The molecule has 15 heavy (non-hydrogen) atoms. The first-order valence-corrected chi connectivity index (χ1v) is 5.09. The fourth-order valence-corrected chi connectivity index (χ4v) is 2.10. The molecule has 0 saturated carbocycles. The van der Waals surface area contributed by atoms with Gasteiger partial charge in [0.05, 0.1) is 11.9 Å². The SMILES string of the molecule is NC1CCn2nncc2-c2ccccc21. The number of aryl methyl sites for hydroxylation is 1.